The van der Waals surface area contributed by atoms with Crippen molar-refractivity contribution in [2.24, 2.45) is 0 Å². The van der Waals surface area contributed by atoms with Crippen LogP contribution in [-0.4, -0.2) is 11.1 Å². The molecule has 0 N–H and O–H groups in total. The number of hydrogen-bond acceptors (Lipinski definition) is 1. The standard InChI is InChI=1S/C12H14BrClO/c1-2-9-4-3-5-10(8-14)12(9)6-11(15)7-13/h3-5H,2,6-8H2,1H3. The highest BCUT2D eigenvalue weighted by Gasteiger charge is 2.10. The highest BCUT2D eigenvalue weighted by Crippen LogP contribution is 2.18. The number of hydrogen-bond donors (Lipinski definition) is 0. The lowest BCUT2D eigenvalue weighted by Gasteiger charge is -2.11. The first-order valence-corrected chi connectivity index (χ1v) is 6.61. The van der Waals surface area contributed by atoms with Crippen LogP contribution in [0.5, 0.6) is 0 Å². The van der Waals surface area contributed by atoms with Gasteiger partial charge in [-0.15, -0.1) is 11.6 Å². The molecule has 0 heterocycles. The maximum atomic E-state index is 11.4. The van der Waals surface area contributed by atoms with Crippen LogP contribution in [-0.2, 0) is 23.5 Å². The molecule has 1 nitrogen and oxygen atoms in total. The molecule has 0 amide bonds. The number of carbonyl (C=O) groups is 1. The third-order valence-corrected chi connectivity index (χ3v) is 3.33. The van der Waals surface area contributed by atoms with Crippen molar-refractivity contribution < 1.29 is 4.79 Å². The Kier molecular flexibility index (Phi) is 5.34. The van der Waals surface area contributed by atoms with Gasteiger partial charge < -0.3 is 0 Å². The van der Waals surface area contributed by atoms with E-state index in [0.29, 0.717) is 17.6 Å². The van der Waals surface area contributed by atoms with E-state index in [1.165, 1.54) is 5.56 Å². The van der Waals surface area contributed by atoms with Crippen molar-refractivity contribution >= 4 is 33.3 Å². The Balaban J connectivity index is 3.05. The van der Waals surface area contributed by atoms with Gasteiger partial charge in [0.25, 0.3) is 0 Å². The summed E-state index contributed by atoms with van der Waals surface area (Å²) in [6, 6.07) is 6.05. The zero-order valence-corrected chi connectivity index (χ0v) is 11.1. The predicted molar refractivity (Wildman–Crippen MR) is 67.9 cm³/mol. The van der Waals surface area contributed by atoms with Gasteiger partial charge in [-0.1, -0.05) is 41.1 Å². The smallest absolute Gasteiger partial charge is 0.147 e. The van der Waals surface area contributed by atoms with Gasteiger partial charge in [-0.2, -0.15) is 0 Å². The molecule has 15 heavy (non-hydrogen) atoms. The van der Waals surface area contributed by atoms with E-state index in [9.17, 15) is 4.79 Å². The van der Waals surface area contributed by atoms with Crippen LogP contribution < -0.4 is 0 Å². The minimum absolute atomic E-state index is 0.197. The lowest BCUT2D eigenvalue weighted by atomic mass is 9.96. The van der Waals surface area contributed by atoms with Gasteiger partial charge in [0.15, 0.2) is 0 Å². The number of Topliss-reactive ketones (excluding diaryl/α,β-unsaturated/α-hetero) is 1. The summed E-state index contributed by atoms with van der Waals surface area (Å²) in [5.74, 6) is 0.668. The number of rotatable bonds is 5. The summed E-state index contributed by atoms with van der Waals surface area (Å²) in [4.78, 5) is 11.4. The summed E-state index contributed by atoms with van der Waals surface area (Å²) < 4.78 is 0. The molecule has 0 aliphatic rings. The fourth-order valence-electron chi connectivity index (χ4n) is 1.62. The van der Waals surface area contributed by atoms with Crippen LogP contribution in [0.3, 0.4) is 0 Å². The first-order valence-electron chi connectivity index (χ1n) is 4.96. The van der Waals surface area contributed by atoms with Crippen molar-refractivity contribution in [1.29, 1.82) is 0 Å². The number of carbonyl (C=O) groups excluding carboxylic acids is 1. The topological polar surface area (TPSA) is 17.1 Å². The highest BCUT2D eigenvalue weighted by molar-refractivity contribution is 9.09. The van der Waals surface area contributed by atoms with E-state index < -0.39 is 0 Å². The Bertz CT molecular complexity index is 327. The normalized spacial score (nSPS) is 10.3. The fourth-order valence-corrected chi connectivity index (χ4v) is 2.06. The average molecular weight is 290 g/mol. The Hall–Kier alpha value is -0.340. The van der Waals surface area contributed by atoms with E-state index in [1.807, 2.05) is 12.1 Å². The highest BCUT2D eigenvalue weighted by atomic mass is 79.9. The van der Waals surface area contributed by atoms with Crippen LogP contribution in [0.2, 0.25) is 0 Å². The number of benzene rings is 1. The van der Waals surface area contributed by atoms with Crippen LogP contribution >= 0.6 is 27.5 Å². The Labute approximate surface area is 104 Å². The number of aryl methyl sites for hydroxylation is 1. The van der Waals surface area contributed by atoms with Gasteiger partial charge >= 0.3 is 0 Å². The molecule has 0 spiro atoms. The van der Waals surface area contributed by atoms with Gasteiger partial charge in [0.1, 0.15) is 5.78 Å². The first kappa shape index (κ1) is 12.7. The van der Waals surface area contributed by atoms with E-state index in [1.54, 1.807) is 0 Å². The molecule has 0 aliphatic heterocycles. The molecule has 0 bridgehead atoms. The molecule has 0 aliphatic carbocycles. The summed E-state index contributed by atoms with van der Waals surface area (Å²) in [6.07, 6.45) is 1.42. The van der Waals surface area contributed by atoms with Crippen molar-refractivity contribution in [2.45, 2.75) is 25.6 Å². The zero-order valence-electron chi connectivity index (χ0n) is 8.72. The van der Waals surface area contributed by atoms with E-state index >= 15 is 0 Å². The molecule has 1 aromatic carbocycles. The molecule has 0 radical (unpaired) electrons. The third-order valence-electron chi connectivity index (χ3n) is 2.42. The van der Waals surface area contributed by atoms with Crippen molar-refractivity contribution in [3.8, 4) is 0 Å². The molecule has 0 atom stereocenters. The number of alkyl halides is 2. The van der Waals surface area contributed by atoms with Crippen LogP contribution in [0.25, 0.3) is 0 Å². The fraction of sp³-hybridized carbons (Fsp3) is 0.417. The van der Waals surface area contributed by atoms with Gasteiger partial charge in [0.2, 0.25) is 0 Å². The molecule has 0 fully saturated rings. The first-order chi connectivity index (χ1) is 7.22. The molecule has 1 aromatic rings. The van der Waals surface area contributed by atoms with Crippen LogP contribution in [0.15, 0.2) is 18.2 Å². The second-order valence-corrected chi connectivity index (χ2v) is 4.22. The minimum atomic E-state index is 0.197. The summed E-state index contributed by atoms with van der Waals surface area (Å²) in [5.41, 5.74) is 3.41. The van der Waals surface area contributed by atoms with Crippen molar-refractivity contribution in [3.05, 3.63) is 34.9 Å². The molecular formula is C12H14BrClO. The summed E-state index contributed by atoms with van der Waals surface area (Å²) in [7, 11) is 0. The van der Waals surface area contributed by atoms with E-state index in [0.717, 1.165) is 17.5 Å². The molecule has 0 unspecified atom stereocenters. The average Bonchev–Trinajstić information content (AvgIpc) is 2.29. The quantitative estimate of drug-likeness (QED) is 0.758. The summed E-state index contributed by atoms with van der Waals surface area (Å²) in [6.45, 7) is 2.09. The van der Waals surface area contributed by atoms with Crippen LogP contribution in [0, 0.1) is 0 Å². The number of ketones is 1. The molecule has 3 heteroatoms. The lowest BCUT2D eigenvalue weighted by Crippen LogP contribution is -2.08. The largest absolute Gasteiger partial charge is 0.298 e. The van der Waals surface area contributed by atoms with Gasteiger partial charge in [0, 0.05) is 12.3 Å². The number of halogens is 2. The summed E-state index contributed by atoms with van der Waals surface area (Å²) in [5, 5.41) is 0.409. The molecule has 0 aromatic heterocycles. The van der Waals surface area contributed by atoms with Gasteiger partial charge in [-0.3, -0.25) is 4.79 Å². The molecular weight excluding hydrogens is 275 g/mol. The predicted octanol–water partition coefficient (Wildman–Crippen LogP) is 3.49. The zero-order chi connectivity index (χ0) is 11.3. The van der Waals surface area contributed by atoms with Gasteiger partial charge in [-0.05, 0) is 23.1 Å². The van der Waals surface area contributed by atoms with Crippen molar-refractivity contribution in [2.75, 3.05) is 5.33 Å². The van der Waals surface area contributed by atoms with Crippen molar-refractivity contribution in [3.63, 3.8) is 0 Å². The molecule has 1 rings (SSSR count). The Morgan fingerprint density at radius 3 is 2.60 bits per heavy atom. The second kappa shape index (κ2) is 6.29. The second-order valence-electron chi connectivity index (χ2n) is 3.39. The maximum Gasteiger partial charge on any atom is 0.147 e. The summed E-state index contributed by atoms with van der Waals surface area (Å²) >= 11 is 9.05. The van der Waals surface area contributed by atoms with Crippen LogP contribution in [0.4, 0.5) is 0 Å². The molecule has 82 valence electrons. The van der Waals surface area contributed by atoms with Gasteiger partial charge in [-0.25, -0.2) is 0 Å². The third kappa shape index (κ3) is 3.32. The van der Waals surface area contributed by atoms with E-state index in [-0.39, 0.29) is 5.78 Å². The monoisotopic (exact) mass is 288 g/mol. The molecule has 0 saturated carbocycles. The van der Waals surface area contributed by atoms with E-state index in [4.69, 9.17) is 11.6 Å². The van der Waals surface area contributed by atoms with E-state index in [2.05, 4.69) is 28.9 Å². The van der Waals surface area contributed by atoms with Crippen LogP contribution in [0.1, 0.15) is 23.6 Å². The SMILES string of the molecule is CCc1cccc(CCl)c1CC(=O)CBr. The molecule has 0 saturated heterocycles. The lowest BCUT2D eigenvalue weighted by molar-refractivity contribution is -0.115. The minimum Gasteiger partial charge on any atom is -0.298 e. The Morgan fingerprint density at radius 2 is 2.07 bits per heavy atom. The van der Waals surface area contributed by atoms with Crippen molar-refractivity contribution in [1.82, 2.24) is 0 Å². The maximum absolute atomic E-state index is 11.4. The van der Waals surface area contributed by atoms with Gasteiger partial charge in [0.05, 0.1) is 5.33 Å². The Morgan fingerprint density at radius 1 is 1.40 bits per heavy atom.